The molecule has 30 heavy (non-hydrogen) atoms. The van der Waals surface area contributed by atoms with Gasteiger partial charge in [-0.15, -0.1) is 0 Å². The molecule has 2 bridgehead atoms. The summed E-state index contributed by atoms with van der Waals surface area (Å²) in [5.74, 6) is 0.608. The normalized spacial score (nSPS) is 22.3. The number of nitrogens with zero attached hydrogens (tertiary/aromatic N) is 4. The monoisotopic (exact) mass is 424 g/mol. The van der Waals surface area contributed by atoms with Gasteiger partial charge in [-0.2, -0.15) is 0 Å². The summed E-state index contributed by atoms with van der Waals surface area (Å²) >= 11 is 5.90. The predicted molar refractivity (Wildman–Crippen MR) is 109 cm³/mol. The van der Waals surface area contributed by atoms with Crippen molar-refractivity contribution < 1.29 is 13.9 Å². The number of piperidine rings is 1. The van der Waals surface area contributed by atoms with E-state index >= 15 is 0 Å². The van der Waals surface area contributed by atoms with Crippen molar-refractivity contribution in [1.29, 1.82) is 0 Å². The molecule has 2 fully saturated rings. The van der Waals surface area contributed by atoms with E-state index in [9.17, 15) is 9.18 Å². The molecule has 1 aliphatic carbocycles. The van der Waals surface area contributed by atoms with Gasteiger partial charge in [0.15, 0.2) is 11.6 Å². The summed E-state index contributed by atoms with van der Waals surface area (Å²) in [6.07, 6.45) is 5.43. The molecule has 5 rings (SSSR count). The summed E-state index contributed by atoms with van der Waals surface area (Å²) in [4.78, 5) is 27.6. The Hall–Kier alpha value is -3.06. The zero-order valence-corrected chi connectivity index (χ0v) is 16.7. The van der Waals surface area contributed by atoms with Crippen molar-refractivity contribution in [2.24, 2.45) is 5.92 Å². The minimum absolute atomic E-state index is 0.0258. The largest absolute Gasteiger partial charge is 0.472 e. The van der Waals surface area contributed by atoms with Gasteiger partial charge in [-0.25, -0.2) is 19.3 Å². The molecule has 1 amide bonds. The molecule has 1 saturated heterocycles. The Balaban J connectivity index is 1.39. The minimum atomic E-state index is -0.518. The lowest BCUT2D eigenvalue weighted by molar-refractivity contribution is 0.0467. The number of likely N-dealkylation sites (tertiary alicyclic amines) is 1. The van der Waals surface area contributed by atoms with Crippen LogP contribution in [0.25, 0.3) is 11.4 Å². The van der Waals surface area contributed by atoms with Crippen molar-refractivity contribution in [3.63, 3.8) is 0 Å². The topological polar surface area (TPSA) is 68.2 Å². The quantitative estimate of drug-likeness (QED) is 0.633. The van der Waals surface area contributed by atoms with E-state index in [2.05, 4.69) is 15.0 Å². The van der Waals surface area contributed by atoms with E-state index in [4.69, 9.17) is 16.3 Å². The number of aromatic nitrogens is 3. The molecule has 8 heteroatoms. The highest BCUT2D eigenvalue weighted by atomic mass is 35.5. The van der Waals surface area contributed by atoms with Gasteiger partial charge in [0.1, 0.15) is 6.10 Å². The first-order valence-electron chi connectivity index (χ1n) is 9.74. The van der Waals surface area contributed by atoms with Crippen molar-refractivity contribution >= 4 is 17.5 Å². The van der Waals surface area contributed by atoms with Crippen LogP contribution in [-0.4, -0.2) is 44.4 Å². The number of hydrogen-bond donors (Lipinski definition) is 0. The average molecular weight is 425 g/mol. The predicted octanol–water partition coefficient (Wildman–Crippen LogP) is 4.01. The lowest BCUT2D eigenvalue weighted by Crippen LogP contribution is -2.47. The second-order valence-electron chi connectivity index (χ2n) is 7.60. The Morgan fingerprint density at radius 2 is 1.87 bits per heavy atom. The van der Waals surface area contributed by atoms with Crippen molar-refractivity contribution in [1.82, 2.24) is 19.9 Å². The molecule has 3 aromatic rings. The Kier molecular flexibility index (Phi) is 4.83. The maximum Gasteiger partial charge on any atom is 0.254 e. The van der Waals surface area contributed by atoms with Crippen LogP contribution in [0.5, 0.6) is 5.88 Å². The maximum atomic E-state index is 13.4. The molecule has 3 atom stereocenters. The number of pyridine rings is 1. The fraction of sp³-hybridized carbons (Fsp3) is 0.273. The van der Waals surface area contributed by atoms with Gasteiger partial charge in [-0.3, -0.25) is 4.79 Å². The third-order valence-electron chi connectivity index (χ3n) is 5.68. The van der Waals surface area contributed by atoms with E-state index < -0.39 is 5.82 Å². The van der Waals surface area contributed by atoms with E-state index in [1.54, 1.807) is 36.5 Å². The van der Waals surface area contributed by atoms with Crippen molar-refractivity contribution in [2.75, 3.05) is 6.54 Å². The van der Waals surface area contributed by atoms with Crippen LogP contribution in [0.4, 0.5) is 4.39 Å². The summed E-state index contributed by atoms with van der Waals surface area (Å²) in [5, 5.41) is 0.548. The average Bonchev–Trinajstić information content (AvgIpc) is 3.36. The Morgan fingerprint density at radius 1 is 1.07 bits per heavy atom. The van der Waals surface area contributed by atoms with Crippen LogP contribution in [0.2, 0.25) is 5.02 Å². The van der Waals surface area contributed by atoms with Gasteiger partial charge in [0.05, 0.1) is 29.0 Å². The number of amides is 1. The molecule has 2 aliphatic rings. The Morgan fingerprint density at radius 3 is 2.60 bits per heavy atom. The molecule has 0 N–H and O–H groups in total. The van der Waals surface area contributed by atoms with Crippen LogP contribution < -0.4 is 4.74 Å². The first-order chi connectivity index (χ1) is 14.6. The number of halogens is 2. The van der Waals surface area contributed by atoms with Gasteiger partial charge in [-0.1, -0.05) is 29.8 Å². The SMILES string of the molecule is O=C(c1ccccc1-c1ncc(F)cn1)N1C[C@H]2C[C@@H](Oc3ccc(Cl)cn3)[C@@H]1C2. The van der Waals surface area contributed by atoms with Crippen molar-refractivity contribution in [2.45, 2.75) is 25.0 Å². The fourth-order valence-corrected chi connectivity index (χ4v) is 4.50. The third-order valence-corrected chi connectivity index (χ3v) is 5.90. The standard InChI is InChI=1S/C22H18ClFN4O2/c23-14-5-6-20(25-9-14)30-19-8-13-7-18(19)28(12-13)22(29)17-4-2-1-3-16(17)21-26-10-15(24)11-27-21/h1-6,9-11,13,18-19H,7-8,12H2/t13-,18+,19-/m1/s1. The van der Waals surface area contributed by atoms with Crippen LogP contribution in [0.1, 0.15) is 23.2 Å². The first-order valence-corrected chi connectivity index (χ1v) is 10.1. The second-order valence-corrected chi connectivity index (χ2v) is 8.04. The molecule has 3 heterocycles. The van der Waals surface area contributed by atoms with Crippen LogP contribution >= 0.6 is 11.6 Å². The van der Waals surface area contributed by atoms with Gasteiger partial charge in [0, 0.05) is 24.4 Å². The van der Waals surface area contributed by atoms with Gasteiger partial charge in [0.2, 0.25) is 5.88 Å². The summed E-state index contributed by atoms with van der Waals surface area (Å²) in [5.41, 5.74) is 1.09. The smallest absolute Gasteiger partial charge is 0.254 e. The molecule has 2 aromatic heterocycles. The van der Waals surface area contributed by atoms with Crippen LogP contribution in [0.3, 0.4) is 0 Å². The van der Waals surface area contributed by atoms with Gasteiger partial charge in [-0.05, 0) is 30.9 Å². The highest BCUT2D eigenvalue weighted by Crippen LogP contribution is 2.41. The van der Waals surface area contributed by atoms with Crippen LogP contribution in [0.15, 0.2) is 55.0 Å². The van der Waals surface area contributed by atoms with E-state index in [1.165, 1.54) is 0 Å². The van der Waals surface area contributed by atoms with E-state index in [1.807, 2.05) is 11.0 Å². The van der Waals surface area contributed by atoms with Gasteiger partial charge < -0.3 is 9.64 Å². The molecule has 0 spiro atoms. The lowest BCUT2D eigenvalue weighted by atomic mass is 10.0. The van der Waals surface area contributed by atoms with Gasteiger partial charge >= 0.3 is 0 Å². The molecule has 1 aromatic carbocycles. The summed E-state index contributed by atoms with van der Waals surface area (Å²) in [7, 11) is 0. The molecule has 0 radical (unpaired) electrons. The molecule has 1 aliphatic heterocycles. The number of rotatable bonds is 4. The zero-order valence-electron chi connectivity index (χ0n) is 15.9. The lowest BCUT2D eigenvalue weighted by Gasteiger charge is -2.33. The van der Waals surface area contributed by atoms with E-state index in [0.29, 0.717) is 40.3 Å². The number of carbonyl (C=O) groups excluding carboxylic acids is 1. The third kappa shape index (κ3) is 3.50. The molecule has 152 valence electrons. The summed E-state index contributed by atoms with van der Waals surface area (Å²) < 4.78 is 19.3. The fourth-order valence-electron chi connectivity index (χ4n) is 4.38. The molecule has 0 unspecified atom stereocenters. The van der Waals surface area contributed by atoms with Crippen LogP contribution in [-0.2, 0) is 0 Å². The summed E-state index contributed by atoms with van der Waals surface area (Å²) in [6.45, 7) is 0.690. The first kappa shape index (κ1) is 18.9. The number of fused-ring (bicyclic) bond motifs is 2. The summed E-state index contributed by atoms with van der Waals surface area (Å²) in [6, 6.07) is 10.6. The Bertz CT molecular complexity index is 1080. The van der Waals surface area contributed by atoms with Gasteiger partial charge in [0.25, 0.3) is 5.91 Å². The van der Waals surface area contributed by atoms with E-state index in [-0.39, 0.29) is 18.1 Å². The molecular formula is C22H18ClFN4O2. The van der Waals surface area contributed by atoms with Crippen molar-refractivity contribution in [3.05, 3.63) is 71.4 Å². The zero-order chi connectivity index (χ0) is 20.7. The van der Waals surface area contributed by atoms with Crippen molar-refractivity contribution in [3.8, 4) is 17.3 Å². The minimum Gasteiger partial charge on any atom is -0.472 e. The second kappa shape index (κ2) is 7.65. The number of hydrogen-bond acceptors (Lipinski definition) is 5. The van der Waals surface area contributed by atoms with E-state index in [0.717, 1.165) is 25.2 Å². The molecular weight excluding hydrogens is 407 g/mol. The molecule has 6 nitrogen and oxygen atoms in total. The maximum absolute atomic E-state index is 13.4. The highest BCUT2D eigenvalue weighted by Gasteiger charge is 2.48. The molecule has 1 saturated carbocycles. The van der Waals surface area contributed by atoms with Crippen LogP contribution in [0, 0.1) is 11.7 Å². The Labute approximate surface area is 177 Å². The number of benzene rings is 1. The number of ether oxygens (including phenoxy) is 1. The highest BCUT2D eigenvalue weighted by molar-refractivity contribution is 6.30. The number of carbonyl (C=O) groups is 1.